The van der Waals surface area contributed by atoms with E-state index in [0.29, 0.717) is 42.6 Å². The minimum absolute atomic E-state index is 0.0502. The minimum Gasteiger partial charge on any atom is -0.368 e. The van der Waals surface area contributed by atoms with Crippen molar-refractivity contribution in [2.24, 2.45) is 0 Å². The Morgan fingerprint density at radius 2 is 1.67 bits per heavy atom. The molecule has 1 aromatic heterocycles. The van der Waals surface area contributed by atoms with Crippen LogP contribution >= 0.6 is 0 Å². The van der Waals surface area contributed by atoms with E-state index in [4.69, 9.17) is 0 Å². The normalized spacial score (nSPS) is 16.6. The van der Waals surface area contributed by atoms with E-state index in [1.165, 1.54) is 12.1 Å². The van der Waals surface area contributed by atoms with Crippen LogP contribution in [-0.4, -0.2) is 42.0 Å². The first-order valence-electron chi connectivity index (χ1n) is 10.6. The van der Waals surface area contributed by atoms with Crippen molar-refractivity contribution in [1.29, 1.82) is 0 Å². The van der Waals surface area contributed by atoms with E-state index in [0.717, 1.165) is 42.6 Å². The number of carbonyl (C=O) groups is 1. The lowest BCUT2D eigenvalue weighted by molar-refractivity contribution is 0.0748. The van der Waals surface area contributed by atoms with E-state index in [9.17, 15) is 14.0 Å². The number of aromatic nitrogens is 1. The molecule has 0 radical (unpaired) electrons. The highest BCUT2D eigenvalue weighted by Gasteiger charge is 2.25. The number of pyridine rings is 1. The number of rotatable bonds is 2. The van der Waals surface area contributed by atoms with E-state index < -0.39 is 0 Å². The Morgan fingerprint density at radius 1 is 0.933 bits per heavy atom. The predicted molar refractivity (Wildman–Crippen MR) is 116 cm³/mol. The molecule has 0 bridgehead atoms. The molecule has 1 amide bonds. The first kappa shape index (κ1) is 18.9. The van der Waals surface area contributed by atoms with Gasteiger partial charge in [-0.1, -0.05) is 6.07 Å². The maximum Gasteiger partial charge on any atom is 0.256 e. The third-order valence-electron chi connectivity index (χ3n) is 6.32. The summed E-state index contributed by atoms with van der Waals surface area (Å²) in [5, 5.41) is 0.603. The van der Waals surface area contributed by atoms with Crippen molar-refractivity contribution in [1.82, 2.24) is 9.88 Å². The Balaban J connectivity index is 1.41. The first-order valence-corrected chi connectivity index (χ1v) is 10.6. The molecule has 30 heavy (non-hydrogen) atoms. The first-order chi connectivity index (χ1) is 14.6. The Labute approximate surface area is 174 Å². The minimum atomic E-state index is -0.250. The fraction of sp³-hybridized carbons (Fsp3) is 0.333. The standard InChI is InChI=1S/C24H24FN3O2/c25-16-8-10-17(11-9-16)27-12-14-28(15-13-27)24(30)20-6-3-5-19-22(20)26-21-7-2-1-4-18(21)23(19)29/h3,5-6,8-11H,1-2,4,7,12-15H2,(H,26,29). The monoisotopic (exact) mass is 405 g/mol. The molecule has 2 aliphatic rings. The van der Waals surface area contributed by atoms with E-state index in [-0.39, 0.29) is 17.2 Å². The summed E-state index contributed by atoms with van der Waals surface area (Å²) in [5.41, 5.74) is 4.12. The van der Waals surface area contributed by atoms with Crippen LogP contribution in [0.15, 0.2) is 47.3 Å². The number of aryl methyl sites for hydroxylation is 1. The number of benzene rings is 2. The van der Waals surface area contributed by atoms with Gasteiger partial charge in [0.25, 0.3) is 5.91 Å². The number of para-hydroxylation sites is 1. The van der Waals surface area contributed by atoms with Crippen LogP contribution < -0.4 is 10.3 Å². The largest absolute Gasteiger partial charge is 0.368 e. The highest BCUT2D eigenvalue weighted by atomic mass is 19.1. The summed E-state index contributed by atoms with van der Waals surface area (Å²) in [6, 6.07) is 11.9. The van der Waals surface area contributed by atoms with Crippen molar-refractivity contribution < 1.29 is 9.18 Å². The van der Waals surface area contributed by atoms with Gasteiger partial charge in [0.2, 0.25) is 0 Å². The number of hydrogen-bond donors (Lipinski definition) is 1. The lowest BCUT2D eigenvalue weighted by atomic mass is 9.93. The zero-order valence-corrected chi connectivity index (χ0v) is 16.8. The van der Waals surface area contributed by atoms with Gasteiger partial charge in [0.05, 0.1) is 11.1 Å². The molecule has 0 atom stereocenters. The van der Waals surface area contributed by atoms with Crippen molar-refractivity contribution in [3.63, 3.8) is 0 Å². The van der Waals surface area contributed by atoms with Crippen molar-refractivity contribution in [2.75, 3.05) is 31.1 Å². The van der Waals surface area contributed by atoms with Crippen molar-refractivity contribution in [2.45, 2.75) is 25.7 Å². The summed E-state index contributed by atoms with van der Waals surface area (Å²) in [7, 11) is 0. The molecule has 0 saturated carbocycles. The van der Waals surface area contributed by atoms with Gasteiger partial charge in [0.1, 0.15) is 5.82 Å². The topological polar surface area (TPSA) is 56.4 Å². The summed E-state index contributed by atoms with van der Waals surface area (Å²) < 4.78 is 13.2. The van der Waals surface area contributed by atoms with Gasteiger partial charge in [-0.05, 0) is 62.1 Å². The fourth-order valence-electron chi connectivity index (χ4n) is 4.65. The number of fused-ring (bicyclic) bond motifs is 2. The Kier molecular flexibility index (Phi) is 4.77. The predicted octanol–water partition coefficient (Wildman–Crippen LogP) is 3.51. The maximum absolute atomic E-state index is 13.3. The summed E-state index contributed by atoms with van der Waals surface area (Å²) in [6.45, 7) is 2.55. The van der Waals surface area contributed by atoms with Gasteiger partial charge in [-0.3, -0.25) is 9.59 Å². The van der Waals surface area contributed by atoms with Gasteiger partial charge >= 0.3 is 0 Å². The second kappa shape index (κ2) is 7.59. The SMILES string of the molecule is O=C(c1cccc2c(=O)c3c([nH]c12)CCCC3)N1CCN(c2ccc(F)cc2)CC1. The molecule has 1 N–H and O–H groups in total. The molecule has 5 nitrogen and oxygen atoms in total. The summed E-state index contributed by atoms with van der Waals surface area (Å²) in [6.07, 6.45) is 3.78. The third kappa shape index (κ3) is 3.26. The number of aromatic amines is 1. The van der Waals surface area contributed by atoms with Crippen molar-refractivity contribution in [3.05, 3.63) is 75.3 Å². The molecule has 6 heteroatoms. The number of piperazine rings is 1. The molecule has 1 aliphatic carbocycles. The zero-order valence-electron chi connectivity index (χ0n) is 16.8. The second-order valence-corrected chi connectivity index (χ2v) is 8.10. The summed E-state index contributed by atoms with van der Waals surface area (Å²) >= 11 is 0. The average Bonchev–Trinajstić information content (AvgIpc) is 2.79. The highest BCUT2D eigenvalue weighted by molar-refractivity contribution is 6.05. The highest BCUT2D eigenvalue weighted by Crippen LogP contribution is 2.24. The van der Waals surface area contributed by atoms with Gasteiger partial charge in [-0.25, -0.2) is 4.39 Å². The van der Waals surface area contributed by atoms with Gasteiger partial charge in [0, 0.05) is 48.5 Å². The number of amides is 1. The van der Waals surface area contributed by atoms with E-state index in [2.05, 4.69) is 9.88 Å². The van der Waals surface area contributed by atoms with Gasteiger partial charge in [0.15, 0.2) is 5.43 Å². The Bertz CT molecular complexity index is 1160. The van der Waals surface area contributed by atoms with Crippen LogP contribution in [0.5, 0.6) is 0 Å². The lowest BCUT2D eigenvalue weighted by Gasteiger charge is -2.36. The molecular weight excluding hydrogens is 381 g/mol. The summed E-state index contributed by atoms with van der Waals surface area (Å²) in [4.78, 5) is 33.7. The van der Waals surface area contributed by atoms with Crippen molar-refractivity contribution in [3.8, 4) is 0 Å². The number of nitrogens with zero attached hydrogens (tertiary/aromatic N) is 2. The molecule has 0 unspecified atom stereocenters. The van der Waals surface area contributed by atoms with Crippen LogP contribution in [0.1, 0.15) is 34.5 Å². The molecule has 1 fully saturated rings. The van der Waals surface area contributed by atoms with Crippen molar-refractivity contribution >= 4 is 22.5 Å². The molecule has 2 heterocycles. The van der Waals surface area contributed by atoms with E-state index >= 15 is 0 Å². The Hall–Kier alpha value is -3.15. The maximum atomic E-state index is 13.3. The number of H-pyrrole nitrogens is 1. The average molecular weight is 405 g/mol. The fourth-order valence-corrected chi connectivity index (χ4v) is 4.65. The second-order valence-electron chi connectivity index (χ2n) is 8.10. The number of carbonyl (C=O) groups excluding carboxylic acids is 1. The molecular formula is C24H24FN3O2. The molecule has 3 aromatic rings. The molecule has 154 valence electrons. The number of halogens is 1. The van der Waals surface area contributed by atoms with E-state index in [1.54, 1.807) is 18.2 Å². The van der Waals surface area contributed by atoms with Crippen LogP contribution in [0.25, 0.3) is 10.9 Å². The smallest absolute Gasteiger partial charge is 0.256 e. The van der Waals surface area contributed by atoms with E-state index in [1.807, 2.05) is 17.0 Å². The molecule has 1 aliphatic heterocycles. The van der Waals surface area contributed by atoms with Crippen LogP contribution in [0.4, 0.5) is 10.1 Å². The Morgan fingerprint density at radius 3 is 2.43 bits per heavy atom. The quantitative estimate of drug-likeness (QED) is 0.710. The van der Waals surface area contributed by atoms with Gasteiger partial charge in [-0.15, -0.1) is 0 Å². The number of anilines is 1. The number of hydrogen-bond acceptors (Lipinski definition) is 3. The van der Waals surface area contributed by atoms with Crippen LogP contribution in [0.3, 0.4) is 0 Å². The van der Waals surface area contributed by atoms with Crippen LogP contribution in [0.2, 0.25) is 0 Å². The molecule has 1 saturated heterocycles. The van der Waals surface area contributed by atoms with Crippen LogP contribution in [0, 0.1) is 5.82 Å². The zero-order chi connectivity index (χ0) is 20.7. The summed E-state index contributed by atoms with van der Waals surface area (Å²) in [5.74, 6) is -0.300. The van der Waals surface area contributed by atoms with Crippen LogP contribution in [-0.2, 0) is 12.8 Å². The molecule has 0 spiro atoms. The number of nitrogens with one attached hydrogen (secondary N) is 1. The third-order valence-corrected chi connectivity index (χ3v) is 6.32. The van der Waals surface area contributed by atoms with Gasteiger partial charge in [-0.2, -0.15) is 0 Å². The van der Waals surface area contributed by atoms with Gasteiger partial charge < -0.3 is 14.8 Å². The lowest BCUT2D eigenvalue weighted by Crippen LogP contribution is -2.48. The molecule has 2 aromatic carbocycles. The molecule has 5 rings (SSSR count).